The molecule has 0 saturated carbocycles. The minimum absolute atomic E-state index is 0.198. The lowest BCUT2D eigenvalue weighted by atomic mass is 10.1. The number of carbonyl (C=O) groups is 3. The summed E-state index contributed by atoms with van der Waals surface area (Å²) in [7, 11) is 0. The molecule has 0 unspecified atom stereocenters. The third-order valence-electron chi connectivity index (χ3n) is 3.57. The van der Waals surface area contributed by atoms with Crippen LogP contribution in [0.15, 0.2) is 29.1 Å². The molecule has 3 N–H and O–H groups in total. The van der Waals surface area contributed by atoms with Crippen LogP contribution in [0.2, 0.25) is 0 Å². The second kappa shape index (κ2) is 8.75. The lowest BCUT2D eigenvalue weighted by molar-refractivity contribution is -0.148. The minimum Gasteiger partial charge on any atom is -0.455 e. The molecule has 0 aliphatic heterocycles. The summed E-state index contributed by atoms with van der Waals surface area (Å²) in [5, 5.41) is 12.2. The number of amides is 2. The lowest BCUT2D eigenvalue weighted by Crippen LogP contribution is -2.46. The number of hydrogen-bond acceptors (Lipinski definition) is 6. The highest BCUT2D eigenvalue weighted by Gasteiger charge is 2.17. The maximum absolute atomic E-state index is 12.0. The zero-order valence-electron chi connectivity index (χ0n) is 14.5. The van der Waals surface area contributed by atoms with Gasteiger partial charge in [0.1, 0.15) is 6.04 Å². The van der Waals surface area contributed by atoms with Crippen molar-refractivity contribution in [3.63, 3.8) is 0 Å². The van der Waals surface area contributed by atoms with Crippen molar-refractivity contribution in [3.05, 3.63) is 40.3 Å². The molecule has 2 rings (SSSR count). The summed E-state index contributed by atoms with van der Waals surface area (Å²) in [6.45, 7) is 3.24. The number of rotatable bonds is 7. The number of aromatic nitrogens is 2. The highest BCUT2D eigenvalue weighted by Crippen LogP contribution is 2.13. The molecule has 0 spiro atoms. The van der Waals surface area contributed by atoms with Crippen molar-refractivity contribution >= 4 is 28.6 Å². The van der Waals surface area contributed by atoms with Gasteiger partial charge in [0.2, 0.25) is 5.91 Å². The van der Waals surface area contributed by atoms with Crippen LogP contribution >= 0.6 is 0 Å². The zero-order chi connectivity index (χ0) is 19.1. The number of aromatic amines is 1. The van der Waals surface area contributed by atoms with Crippen molar-refractivity contribution in [2.24, 2.45) is 0 Å². The second-order valence-corrected chi connectivity index (χ2v) is 5.57. The average molecular weight is 360 g/mol. The molecule has 1 atom stereocenters. The molecule has 0 saturated heterocycles. The molecule has 2 amide bonds. The molecule has 0 bridgehead atoms. The molecule has 0 fully saturated rings. The summed E-state index contributed by atoms with van der Waals surface area (Å²) in [4.78, 5) is 47.0. The lowest BCUT2D eigenvalue weighted by Gasteiger charge is -2.13. The highest BCUT2D eigenvalue weighted by atomic mass is 16.5. The number of esters is 1. The number of ether oxygens (including phenoxy) is 1. The van der Waals surface area contributed by atoms with Gasteiger partial charge in [0.15, 0.2) is 6.61 Å². The fourth-order valence-electron chi connectivity index (χ4n) is 2.32. The molecular formula is C17H20N4O5. The van der Waals surface area contributed by atoms with Crippen LogP contribution in [0.5, 0.6) is 0 Å². The summed E-state index contributed by atoms with van der Waals surface area (Å²) in [5.74, 6) is -1.58. The van der Waals surface area contributed by atoms with Crippen molar-refractivity contribution in [2.45, 2.75) is 26.3 Å². The van der Waals surface area contributed by atoms with E-state index < -0.39 is 24.5 Å². The Bertz CT molecular complexity index is 877. The molecule has 9 heteroatoms. The fourth-order valence-corrected chi connectivity index (χ4v) is 2.32. The van der Waals surface area contributed by atoms with Gasteiger partial charge in [0, 0.05) is 11.9 Å². The molecule has 138 valence electrons. The molecular weight excluding hydrogens is 340 g/mol. The van der Waals surface area contributed by atoms with Crippen LogP contribution in [0.1, 0.15) is 19.5 Å². The molecule has 0 aliphatic carbocycles. The van der Waals surface area contributed by atoms with Gasteiger partial charge in [0.25, 0.3) is 11.5 Å². The molecule has 9 nitrogen and oxygen atoms in total. The van der Waals surface area contributed by atoms with Crippen LogP contribution in [0, 0.1) is 0 Å². The number of hydrogen-bond donors (Lipinski definition) is 3. The SMILES string of the molecule is CCNC(=O)[C@@H](C)NC(=O)COC(=O)Cc1n[nH]c(=O)c2ccccc12. The topological polar surface area (TPSA) is 130 Å². The van der Waals surface area contributed by atoms with E-state index in [9.17, 15) is 19.2 Å². The number of likely N-dealkylation sites (N-methyl/N-ethyl adjacent to an activating group) is 1. The van der Waals surface area contributed by atoms with E-state index in [4.69, 9.17) is 4.74 Å². The predicted molar refractivity (Wildman–Crippen MR) is 93.3 cm³/mol. The summed E-state index contributed by atoms with van der Waals surface area (Å²) < 4.78 is 4.91. The van der Waals surface area contributed by atoms with Gasteiger partial charge >= 0.3 is 5.97 Å². The molecule has 0 radical (unpaired) electrons. The van der Waals surface area contributed by atoms with Crippen LogP contribution in [0.25, 0.3) is 10.8 Å². The van der Waals surface area contributed by atoms with Gasteiger partial charge in [-0.3, -0.25) is 19.2 Å². The Morgan fingerprint density at radius 2 is 1.92 bits per heavy atom. The van der Waals surface area contributed by atoms with E-state index in [1.807, 2.05) is 0 Å². The van der Waals surface area contributed by atoms with Gasteiger partial charge in [-0.15, -0.1) is 0 Å². The van der Waals surface area contributed by atoms with Crippen molar-refractivity contribution in [3.8, 4) is 0 Å². The zero-order valence-corrected chi connectivity index (χ0v) is 14.5. The normalized spacial score (nSPS) is 11.6. The molecule has 1 aromatic carbocycles. The summed E-state index contributed by atoms with van der Waals surface area (Å²) >= 11 is 0. The van der Waals surface area contributed by atoms with Gasteiger partial charge in [-0.2, -0.15) is 5.10 Å². The summed E-state index contributed by atoms with van der Waals surface area (Å²) in [5.41, 5.74) is -0.00209. The number of benzene rings is 1. The molecule has 2 aromatic rings. The van der Waals surface area contributed by atoms with Crippen molar-refractivity contribution in [1.29, 1.82) is 0 Å². The maximum atomic E-state index is 12.0. The van der Waals surface area contributed by atoms with Gasteiger partial charge < -0.3 is 15.4 Å². The number of nitrogens with one attached hydrogen (secondary N) is 3. The average Bonchev–Trinajstić information content (AvgIpc) is 2.63. The van der Waals surface area contributed by atoms with Crippen molar-refractivity contribution < 1.29 is 19.1 Å². The van der Waals surface area contributed by atoms with E-state index in [0.29, 0.717) is 23.0 Å². The predicted octanol–water partition coefficient (Wildman–Crippen LogP) is -0.350. The monoisotopic (exact) mass is 360 g/mol. The Morgan fingerprint density at radius 3 is 2.62 bits per heavy atom. The van der Waals surface area contributed by atoms with Gasteiger partial charge in [-0.05, 0) is 19.9 Å². The van der Waals surface area contributed by atoms with Gasteiger partial charge in [0.05, 0.1) is 17.5 Å². The number of carbonyl (C=O) groups excluding carboxylic acids is 3. The quantitative estimate of drug-likeness (QED) is 0.579. The van der Waals surface area contributed by atoms with E-state index in [1.165, 1.54) is 6.92 Å². The Hall–Kier alpha value is -3.23. The van der Waals surface area contributed by atoms with Crippen LogP contribution in [-0.4, -0.2) is 47.2 Å². The largest absolute Gasteiger partial charge is 0.455 e. The van der Waals surface area contributed by atoms with Crippen LogP contribution in [0.3, 0.4) is 0 Å². The number of fused-ring (bicyclic) bond motifs is 1. The minimum atomic E-state index is -0.731. The number of H-pyrrole nitrogens is 1. The van der Waals surface area contributed by atoms with E-state index in [2.05, 4.69) is 20.8 Å². The maximum Gasteiger partial charge on any atom is 0.312 e. The Kier molecular flexibility index (Phi) is 6.42. The first-order valence-electron chi connectivity index (χ1n) is 8.11. The number of nitrogens with zero attached hydrogens (tertiary/aromatic N) is 1. The molecule has 1 heterocycles. The van der Waals surface area contributed by atoms with Crippen LogP contribution in [-0.2, 0) is 25.5 Å². The van der Waals surface area contributed by atoms with Gasteiger partial charge in [-0.1, -0.05) is 18.2 Å². The van der Waals surface area contributed by atoms with Crippen molar-refractivity contribution in [2.75, 3.05) is 13.2 Å². The smallest absolute Gasteiger partial charge is 0.312 e. The van der Waals surface area contributed by atoms with E-state index >= 15 is 0 Å². The third kappa shape index (κ3) is 4.88. The highest BCUT2D eigenvalue weighted by molar-refractivity contribution is 5.89. The van der Waals surface area contributed by atoms with Gasteiger partial charge in [-0.25, -0.2) is 5.10 Å². The Labute approximate surface area is 149 Å². The molecule has 1 aromatic heterocycles. The standard InChI is InChI=1S/C17H20N4O5/c1-3-18-16(24)10(2)19-14(22)9-26-15(23)8-13-11-6-4-5-7-12(11)17(25)21-20-13/h4-7,10H,3,8-9H2,1-2H3,(H,18,24)(H,19,22)(H,21,25)/t10-/m1/s1. The van der Waals surface area contributed by atoms with E-state index in [0.717, 1.165) is 0 Å². The van der Waals surface area contributed by atoms with Crippen molar-refractivity contribution in [1.82, 2.24) is 20.8 Å². The first kappa shape index (κ1) is 19.1. The van der Waals surface area contributed by atoms with Crippen LogP contribution in [0.4, 0.5) is 0 Å². The van der Waals surface area contributed by atoms with Crippen LogP contribution < -0.4 is 16.2 Å². The fraction of sp³-hybridized carbons (Fsp3) is 0.353. The summed E-state index contributed by atoms with van der Waals surface area (Å²) in [6.07, 6.45) is -0.198. The Morgan fingerprint density at radius 1 is 1.23 bits per heavy atom. The van der Waals surface area contributed by atoms with E-state index in [1.54, 1.807) is 31.2 Å². The third-order valence-corrected chi connectivity index (χ3v) is 3.57. The Balaban J connectivity index is 1.92. The first-order valence-corrected chi connectivity index (χ1v) is 8.11. The molecule has 26 heavy (non-hydrogen) atoms. The van der Waals surface area contributed by atoms with E-state index in [-0.39, 0.29) is 17.9 Å². The molecule has 0 aliphatic rings. The first-order chi connectivity index (χ1) is 12.4. The second-order valence-electron chi connectivity index (χ2n) is 5.57. The summed E-state index contributed by atoms with van der Waals surface area (Å²) in [6, 6.07) is 6.02.